The fourth-order valence-corrected chi connectivity index (χ4v) is 4.15. The Morgan fingerprint density at radius 3 is 3.00 bits per heavy atom. The van der Waals surface area contributed by atoms with E-state index in [9.17, 15) is 8.42 Å². The maximum Gasteiger partial charge on any atom is 0.295 e. The van der Waals surface area contributed by atoms with E-state index in [4.69, 9.17) is 17.4 Å². The molecule has 1 aliphatic heterocycles. The summed E-state index contributed by atoms with van der Waals surface area (Å²) < 4.78 is 27.6. The molecule has 0 atom stereocenters. The topological polar surface area (TPSA) is 75.8 Å². The van der Waals surface area contributed by atoms with E-state index in [0.29, 0.717) is 10.0 Å². The normalized spacial score (nSPS) is 17.9. The van der Waals surface area contributed by atoms with Crippen molar-refractivity contribution < 1.29 is 8.42 Å². The average molecular weight is 278 g/mol. The van der Waals surface area contributed by atoms with Crippen LogP contribution in [0.15, 0.2) is 27.3 Å². The van der Waals surface area contributed by atoms with E-state index in [-0.39, 0.29) is 16.5 Å². The summed E-state index contributed by atoms with van der Waals surface area (Å²) in [6, 6.07) is 1.51. The Hall–Kier alpha value is -0.890. The number of amidine groups is 1. The molecule has 5 nitrogen and oxygen atoms in total. The zero-order chi connectivity index (χ0) is 11.9. The third kappa shape index (κ3) is 1.75. The smallest absolute Gasteiger partial charge is 0.263 e. The molecule has 0 amide bonds. The van der Waals surface area contributed by atoms with Crippen molar-refractivity contribution in [3.05, 3.63) is 23.1 Å². The number of hydrogen-bond acceptors (Lipinski definition) is 5. The molecule has 1 aromatic heterocycles. The molecular formula is C8H8ClN3O2S2. The van der Waals surface area contributed by atoms with Crippen molar-refractivity contribution in [3.8, 4) is 0 Å². The van der Waals surface area contributed by atoms with Crippen LogP contribution in [0.2, 0.25) is 4.34 Å². The predicted molar refractivity (Wildman–Crippen MR) is 65.4 cm³/mol. The van der Waals surface area contributed by atoms with E-state index in [0.717, 1.165) is 11.3 Å². The summed E-state index contributed by atoms with van der Waals surface area (Å²) in [5.41, 5.74) is 0.363. The Kier molecular flexibility index (Phi) is 2.79. The van der Waals surface area contributed by atoms with E-state index in [1.165, 1.54) is 17.2 Å². The first kappa shape index (κ1) is 11.6. The van der Waals surface area contributed by atoms with E-state index < -0.39 is 10.0 Å². The van der Waals surface area contributed by atoms with Crippen LogP contribution in [0.4, 0.5) is 5.69 Å². The number of anilines is 1. The number of thiophene rings is 1. The largest absolute Gasteiger partial charge is 0.295 e. The van der Waals surface area contributed by atoms with Crippen molar-refractivity contribution in [1.29, 1.82) is 0 Å². The van der Waals surface area contributed by atoms with Gasteiger partial charge in [0.25, 0.3) is 10.0 Å². The molecule has 8 heteroatoms. The molecule has 2 rings (SSSR count). The second-order valence-electron chi connectivity index (χ2n) is 3.07. The lowest BCUT2D eigenvalue weighted by Crippen LogP contribution is -2.40. The summed E-state index contributed by atoms with van der Waals surface area (Å²) >= 11 is 6.71. The molecule has 0 spiro atoms. The molecule has 0 radical (unpaired) electrons. The molecule has 2 N–H and O–H groups in total. The summed E-state index contributed by atoms with van der Waals surface area (Å²) in [6.07, 6.45) is 1.82. The van der Waals surface area contributed by atoms with Crippen LogP contribution in [-0.2, 0) is 10.0 Å². The van der Waals surface area contributed by atoms with Crippen molar-refractivity contribution in [1.82, 2.24) is 0 Å². The maximum atomic E-state index is 11.8. The highest BCUT2D eigenvalue weighted by Crippen LogP contribution is 2.39. The van der Waals surface area contributed by atoms with Crippen LogP contribution in [0.5, 0.6) is 0 Å². The third-order valence-corrected chi connectivity index (χ3v) is 5.03. The number of rotatable bonds is 2. The standard InChI is InChI=1S/C8H8ClN3O2S2/c1-2-3-7-11-16(13,14)8-5(12(7)10)4-6(9)15-8/h2,4H,1,3,10H2. The second kappa shape index (κ2) is 3.85. The number of hydrazine groups is 1. The molecule has 2 heterocycles. The van der Waals surface area contributed by atoms with Crippen LogP contribution in [0.25, 0.3) is 0 Å². The van der Waals surface area contributed by atoms with Gasteiger partial charge in [-0.15, -0.1) is 22.3 Å². The molecule has 86 valence electrons. The molecule has 0 aromatic carbocycles. The van der Waals surface area contributed by atoms with Gasteiger partial charge in [-0.1, -0.05) is 17.7 Å². The Morgan fingerprint density at radius 2 is 2.38 bits per heavy atom. The SMILES string of the molecule is C=CCC1=NS(=O)(=O)c2sc(Cl)cc2N1N. The summed E-state index contributed by atoms with van der Waals surface area (Å²) in [7, 11) is -3.67. The van der Waals surface area contributed by atoms with Gasteiger partial charge in [0.05, 0.1) is 10.0 Å². The van der Waals surface area contributed by atoms with Gasteiger partial charge in [0.1, 0.15) is 5.84 Å². The quantitative estimate of drug-likeness (QED) is 0.660. The van der Waals surface area contributed by atoms with Crippen LogP contribution in [-0.4, -0.2) is 14.3 Å². The number of nitrogens with zero attached hydrogens (tertiary/aromatic N) is 2. The number of nitrogens with two attached hydrogens (primary N) is 1. The van der Waals surface area contributed by atoms with Gasteiger partial charge >= 0.3 is 0 Å². The number of fused-ring (bicyclic) bond motifs is 1. The minimum atomic E-state index is -3.67. The highest BCUT2D eigenvalue weighted by Gasteiger charge is 2.31. The van der Waals surface area contributed by atoms with Gasteiger partial charge < -0.3 is 0 Å². The number of hydrogen-bond donors (Lipinski definition) is 1. The molecule has 0 aliphatic carbocycles. The Morgan fingerprint density at radius 1 is 1.69 bits per heavy atom. The van der Waals surface area contributed by atoms with E-state index >= 15 is 0 Å². The van der Waals surface area contributed by atoms with Crippen molar-refractivity contribution in [3.63, 3.8) is 0 Å². The highest BCUT2D eigenvalue weighted by molar-refractivity contribution is 7.92. The average Bonchev–Trinajstić information content (AvgIpc) is 2.58. The van der Waals surface area contributed by atoms with Crippen molar-refractivity contribution in [2.75, 3.05) is 5.01 Å². The van der Waals surface area contributed by atoms with Crippen molar-refractivity contribution >= 4 is 44.5 Å². The summed E-state index contributed by atoms with van der Waals surface area (Å²) in [5.74, 6) is 5.98. The summed E-state index contributed by atoms with van der Waals surface area (Å²) in [5, 5.41) is 1.22. The monoisotopic (exact) mass is 277 g/mol. The summed E-state index contributed by atoms with van der Waals surface area (Å²) in [6.45, 7) is 3.52. The van der Waals surface area contributed by atoms with Crippen molar-refractivity contribution in [2.24, 2.45) is 10.2 Å². The fraction of sp³-hybridized carbons (Fsp3) is 0.125. The maximum absolute atomic E-state index is 11.8. The minimum absolute atomic E-state index is 0.0767. The fourth-order valence-electron chi connectivity index (χ4n) is 1.32. The lowest BCUT2D eigenvalue weighted by atomic mass is 10.3. The van der Waals surface area contributed by atoms with Crippen LogP contribution < -0.4 is 10.9 Å². The zero-order valence-electron chi connectivity index (χ0n) is 8.05. The Bertz CT molecular complexity index is 576. The van der Waals surface area contributed by atoms with Crippen LogP contribution >= 0.6 is 22.9 Å². The lowest BCUT2D eigenvalue weighted by molar-refractivity contribution is 0.599. The van der Waals surface area contributed by atoms with Gasteiger partial charge in [-0.2, -0.15) is 8.42 Å². The first-order valence-corrected chi connectivity index (χ1v) is 6.88. The summed E-state index contributed by atoms with van der Waals surface area (Å²) in [4.78, 5) is 0. The van der Waals surface area contributed by atoms with E-state index in [1.54, 1.807) is 0 Å². The van der Waals surface area contributed by atoms with Gasteiger partial charge in [-0.3, -0.25) is 5.01 Å². The second-order valence-corrected chi connectivity index (χ2v) is 6.55. The lowest BCUT2D eigenvalue weighted by Gasteiger charge is -2.23. The van der Waals surface area contributed by atoms with Crippen LogP contribution in [0.1, 0.15) is 6.42 Å². The molecule has 16 heavy (non-hydrogen) atoms. The molecule has 0 saturated carbocycles. The molecule has 0 unspecified atom stereocenters. The molecule has 1 aromatic rings. The van der Waals surface area contributed by atoms with Gasteiger partial charge in [-0.25, -0.2) is 5.84 Å². The van der Waals surface area contributed by atoms with Crippen LogP contribution in [0.3, 0.4) is 0 Å². The molecule has 0 fully saturated rings. The third-order valence-electron chi connectivity index (χ3n) is 1.97. The first-order chi connectivity index (χ1) is 7.45. The Labute approximate surface area is 102 Å². The van der Waals surface area contributed by atoms with Gasteiger partial charge in [0.2, 0.25) is 0 Å². The van der Waals surface area contributed by atoms with Gasteiger partial charge in [0, 0.05) is 6.42 Å². The number of sulfonamides is 1. The van der Waals surface area contributed by atoms with Crippen molar-refractivity contribution in [2.45, 2.75) is 10.6 Å². The van der Waals surface area contributed by atoms with Crippen LogP contribution in [0, 0.1) is 0 Å². The molecule has 0 bridgehead atoms. The van der Waals surface area contributed by atoms with Gasteiger partial charge in [0.15, 0.2) is 4.21 Å². The Balaban J connectivity index is 2.62. The molecule has 1 aliphatic rings. The highest BCUT2D eigenvalue weighted by atomic mass is 35.5. The minimum Gasteiger partial charge on any atom is -0.263 e. The van der Waals surface area contributed by atoms with E-state index in [1.807, 2.05) is 0 Å². The first-order valence-electron chi connectivity index (χ1n) is 4.24. The molecular weight excluding hydrogens is 270 g/mol. The number of halogens is 1. The van der Waals surface area contributed by atoms with Gasteiger partial charge in [-0.05, 0) is 6.07 Å². The zero-order valence-corrected chi connectivity index (χ0v) is 10.4. The van der Waals surface area contributed by atoms with E-state index in [2.05, 4.69) is 11.0 Å². The molecule has 0 saturated heterocycles. The predicted octanol–water partition coefficient (Wildman–Crippen LogP) is 1.76.